The van der Waals surface area contributed by atoms with Gasteiger partial charge in [0.1, 0.15) is 5.76 Å². The number of nitrogens with zero attached hydrogens (tertiary/aromatic N) is 1. The first-order chi connectivity index (χ1) is 16.5. The number of nitrogens with two attached hydrogens (primary N) is 2. The molecule has 0 fully saturated rings. The number of Topliss-reactive ketones (excluding diaryl/α,β-unsaturated/α-hetero) is 1. The first kappa shape index (κ1) is 22.5. The number of aliphatic hydroxyl groups is 1. The van der Waals surface area contributed by atoms with Gasteiger partial charge in [0, 0.05) is 11.8 Å². The molecule has 2 atom stereocenters. The number of carbonyl (C=O) groups excluding carboxylic acids is 1. The van der Waals surface area contributed by atoms with Gasteiger partial charge in [-0.3, -0.25) is 9.79 Å². The third-order valence-corrected chi connectivity index (χ3v) is 7.57. The summed E-state index contributed by atoms with van der Waals surface area (Å²) in [7, 11) is 0. The Labute approximate surface area is 200 Å². The highest BCUT2D eigenvalue weighted by molar-refractivity contribution is 6.26. The molecule has 0 spiro atoms. The Morgan fingerprint density at radius 1 is 0.941 bits per heavy atom. The Bertz CT molecular complexity index is 1310. The fraction of sp³-hybridized carbons (Fsp3) is 0.310. The number of rotatable bonds is 6. The number of hydrogen-bond acceptors (Lipinski definition) is 5. The molecule has 0 radical (unpaired) electrons. The molecule has 5 N–H and O–H groups in total. The SMILES string of the molecule is CC(C1=Nc2ccccc2C1CCN)=C1C(=O)C(/C(C)=C2\Cc3ccccc3C2CCN)=C1O. The lowest BCUT2D eigenvalue weighted by Gasteiger charge is -2.27. The van der Waals surface area contributed by atoms with Gasteiger partial charge in [-0.15, -0.1) is 0 Å². The van der Waals surface area contributed by atoms with Gasteiger partial charge in [0.05, 0.1) is 22.5 Å². The molecule has 1 heterocycles. The van der Waals surface area contributed by atoms with Gasteiger partial charge >= 0.3 is 0 Å². The summed E-state index contributed by atoms with van der Waals surface area (Å²) in [6, 6.07) is 16.4. The summed E-state index contributed by atoms with van der Waals surface area (Å²) < 4.78 is 0. The molecule has 0 aromatic heterocycles. The summed E-state index contributed by atoms with van der Waals surface area (Å²) in [5.41, 5.74) is 20.9. The minimum Gasteiger partial charge on any atom is -0.506 e. The van der Waals surface area contributed by atoms with Crippen LogP contribution in [0.1, 0.15) is 55.2 Å². The van der Waals surface area contributed by atoms with Crippen molar-refractivity contribution < 1.29 is 9.90 Å². The third-order valence-electron chi connectivity index (χ3n) is 7.57. The Morgan fingerprint density at radius 3 is 2.29 bits per heavy atom. The van der Waals surface area contributed by atoms with Gasteiger partial charge < -0.3 is 16.6 Å². The standard InChI is InChI=1S/C29H31N3O2/c1-16(23-15-18-7-3-4-8-19(18)20(23)11-13-30)25-28(33)26(29(25)34)17(2)27-22(12-14-31)21-9-5-6-10-24(21)32-27/h3-10,20,22,33H,11-15,30-31H2,1-2H3/b23-16+,26-17?. The molecule has 0 saturated carbocycles. The summed E-state index contributed by atoms with van der Waals surface area (Å²) in [6.07, 6.45) is 2.35. The number of carbonyl (C=O) groups is 1. The molecule has 0 saturated heterocycles. The third kappa shape index (κ3) is 3.39. The monoisotopic (exact) mass is 453 g/mol. The Kier molecular flexibility index (Phi) is 5.84. The van der Waals surface area contributed by atoms with Crippen molar-refractivity contribution >= 4 is 17.2 Å². The second kappa shape index (κ2) is 8.82. The normalized spacial score (nSPS) is 24.0. The van der Waals surface area contributed by atoms with E-state index in [1.165, 1.54) is 16.7 Å². The highest BCUT2D eigenvalue weighted by Crippen LogP contribution is 2.47. The van der Waals surface area contributed by atoms with E-state index in [0.29, 0.717) is 24.2 Å². The maximum Gasteiger partial charge on any atom is 0.201 e. The molecular weight excluding hydrogens is 422 g/mol. The second-order valence-corrected chi connectivity index (χ2v) is 9.39. The van der Waals surface area contributed by atoms with Gasteiger partial charge in [0.2, 0.25) is 5.78 Å². The molecule has 2 aromatic carbocycles. The summed E-state index contributed by atoms with van der Waals surface area (Å²) >= 11 is 0. The number of para-hydroxylation sites is 1. The van der Waals surface area contributed by atoms with Crippen molar-refractivity contribution in [3.63, 3.8) is 0 Å². The van der Waals surface area contributed by atoms with Crippen LogP contribution in [0, 0.1) is 0 Å². The maximum absolute atomic E-state index is 13.4. The van der Waals surface area contributed by atoms with Crippen LogP contribution >= 0.6 is 0 Å². The van der Waals surface area contributed by atoms with E-state index in [9.17, 15) is 9.90 Å². The van der Waals surface area contributed by atoms with Gasteiger partial charge in [0.25, 0.3) is 0 Å². The lowest BCUT2D eigenvalue weighted by atomic mass is 9.76. The summed E-state index contributed by atoms with van der Waals surface area (Å²) in [5, 5.41) is 11.1. The lowest BCUT2D eigenvalue weighted by Crippen LogP contribution is -2.28. The van der Waals surface area contributed by atoms with E-state index in [2.05, 4.69) is 18.2 Å². The number of hydrogen-bond donors (Lipinski definition) is 3. The molecule has 174 valence electrons. The van der Waals surface area contributed by atoms with E-state index >= 15 is 0 Å². The average Bonchev–Trinajstić information content (AvgIpc) is 3.39. The number of ketones is 1. The molecule has 2 aliphatic carbocycles. The molecule has 0 bridgehead atoms. The van der Waals surface area contributed by atoms with Gasteiger partial charge in [-0.25, -0.2) is 0 Å². The zero-order valence-electron chi connectivity index (χ0n) is 19.8. The first-order valence-electron chi connectivity index (χ1n) is 12.0. The summed E-state index contributed by atoms with van der Waals surface area (Å²) in [4.78, 5) is 18.3. The van der Waals surface area contributed by atoms with Crippen molar-refractivity contribution in [2.45, 2.75) is 44.9 Å². The quantitative estimate of drug-likeness (QED) is 0.540. The number of aliphatic hydroxyl groups excluding tert-OH is 1. The van der Waals surface area contributed by atoms with Crippen LogP contribution in [0.3, 0.4) is 0 Å². The fourth-order valence-electron chi connectivity index (χ4n) is 5.87. The highest BCUT2D eigenvalue weighted by Gasteiger charge is 2.41. The Balaban J connectivity index is 1.54. The maximum atomic E-state index is 13.4. The number of fused-ring (bicyclic) bond motifs is 2. The Hall–Kier alpha value is -3.28. The van der Waals surface area contributed by atoms with Gasteiger partial charge in [0.15, 0.2) is 0 Å². The number of allylic oxidation sites excluding steroid dienone is 5. The van der Waals surface area contributed by atoms with Crippen LogP contribution in [-0.4, -0.2) is 29.7 Å². The lowest BCUT2D eigenvalue weighted by molar-refractivity contribution is -0.113. The molecule has 34 heavy (non-hydrogen) atoms. The van der Waals surface area contributed by atoms with E-state index in [4.69, 9.17) is 16.5 Å². The summed E-state index contributed by atoms with van der Waals surface area (Å²) in [5.74, 6) is 0.204. The minimum atomic E-state index is -0.104. The van der Waals surface area contributed by atoms with Crippen molar-refractivity contribution in [1.29, 1.82) is 0 Å². The van der Waals surface area contributed by atoms with Crippen molar-refractivity contribution in [3.8, 4) is 0 Å². The van der Waals surface area contributed by atoms with E-state index in [1.54, 1.807) is 0 Å². The van der Waals surface area contributed by atoms with E-state index in [-0.39, 0.29) is 23.4 Å². The Morgan fingerprint density at radius 2 is 1.59 bits per heavy atom. The molecule has 0 amide bonds. The van der Waals surface area contributed by atoms with E-state index in [0.717, 1.165) is 47.4 Å². The second-order valence-electron chi connectivity index (χ2n) is 9.39. The molecular formula is C29H31N3O2. The highest BCUT2D eigenvalue weighted by atomic mass is 16.3. The van der Waals surface area contributed by atoms with Crippen molar-refractivity contribution in [3.05, 3.63) is 98.8 Å². The molecule has 5 rings (SSSR count). The van der Waals surface area contributed by atoms with E-state index < -0.39 is 0 Å². The zero-order valence-corrected chi connectivity index (χ0v) is 19.8. The smallest absolute Gasteiger partial charge is 0.201 e. The van der Waals surface area contributed by atoms with Crippen LogP contribution in [-0.2, 0) is 11.2 Å². The topological polar surface area (TPSA) is 102 Å². The molecule has 2 unspecified atom stereocenters. The van der Waals surface area contributed by atoms with Crippen LogP contribution < -0.4 is 11.5 Å². The van der Waals surface area contributed by atoms with Crippen LogP contribution in [0.2, 0.25) is 0 Å². The molecule has 2 aromatic rings. The van der Waals surface area contributed by atoms with Crippen LogP contribution in [0.25, 0.3) is 0 Å². The van der Waals surface area contributed by atoms with Crippen molar-refractivity contribution in [2.75, 3.05) is 13.1 Å². The minimum absolute atomic E-state index is 0.0380. The van der Waals surface area contributed by atoms with Crippen molar-refractivity contribution in [2.24, 2.45) is 16.5 Å². The largest absolute Gasteiger partial charge is 0.506 e. The number of benzene rings is 2. The first-order valence-corrected chi connectivity index (χ1v) is 12.0. The molecule has 5 heteroatoms. The molecule has 3 aliphatic rings. The summed E-state index contributed by atoms with van der Waals surface area (Å²) in [6.45, 7) is 4.94. The van der Waals surface area contributed by atoms with Crippen LogP contribution in [0.15, 0.2) is 87.1 Å². The van der Waals surface area contributed by atoms with Gasteiger partial charge in [-0.1, -0.05) is 48.0 Å². The predicted octanol–water partition coefficient (Wildman–Crippen LogP) is 4.92. The molecule has 1 aliphatic heterocycles. The molecule has 5 nitrogen and oxygen atoms in total. The van der Waals surface area contributed by atoms with E-state index in [1.807, 2.05) is 44.2 Å². The van der Waals surface area contributed by atoms with Crippen molar-refractivity contribution in [1.82, 2.24) is 0 Å². The fourth-order valence-corrected chi connectivity index (χ4v) is 5.87. The van der Waals surface area contributed by atoms with Gasteiger partial charge in [-0.05, 0) is 80.1 Å². The van der Waals surface area contributed by atoms with Crippen LogP contribution in [0.5, 0.6) is 0 Å². The number of aliphatic imine (C=N–C) groups is 1. The average molecular weight is 454 g/mol. The van der Waals surface area contributed by atoms with Gasteiger partial charge in [-0.2, -0.15) is 0 Å². The van der Waals surface area contributed by atoms with Crippen LogP contribution in [0.4, 0.5) is 5.69 Å². The zero-order chi connectivity index (χ0) is 24.0. The predicted molar refractivity (Wildman–Crippen MR) is 137 cm³/mol.